The maximum Gasteiger partial charge on any atom is 0.419 e. The molecule has 0 spiro atoms. The first-order chi connectivity index (χ1) is 14.0. The highest BCUT2D eigenvalue weighted by molar-refractivity contribution is 9.10. The van der Waals surface area contributed by atoms with Crippen LogP contribution in [0.2, 0.25) is 0 Å². The Hall–Kier alpha value is -3.20. The van der Waals surface area contributed by atoms with Gasteiger partial charge >= 0.3 is 5.76 Å². The maximum absolute atomic E-state index is 12.9. The average Bonchev–Trinajstić information content (AvgIpc) is 3.39. The molecule has 0 aliphatic heterocycles. The molecule has 1 saturated carbocycles. The van der Waals surface area contributed by atoms with E-state index in [2.05, 4.69) is 31.6 Å². The van der Waals surface area contributed by atoms with E-state index in [9.17, 15) is 9.59 Å². The SMILES string of the molecule is Cn1c(=O)oc2cc(NC(=O)c3nnn(-c4ccc(Br)cc4)c3C3CC3)ccc21. The van der Waals surface area contributed by atoms with Crippen LogP contribution in [0.5, 0.6) is 0 Å². The summed E-state index contributed by atoms with van der Waals surface area (Å²) in [4.78, 5) is 24.6. The second kappa shape index (κ2) is 6.70. The van der Waals surface area contributed by atoms with Gasteiger partial charge in [-0.2, -0.15) is 0 Å². The molecule has 4 aromatic rings. The first-order valence-electron chi connectivity index (χ1n) is 9.14. The molecular formula is C20H16BrN5O3. The van der Waals surface area contributed by atoms with Gasteiger partial charge in [-0.05, 0) is 49.2 Å². The summed E-state index contributed by atoms with van der Waals surface area (Å²) in [5, 5.41) is 11.2. The Morgan fingerprint density at radius 1 is 1.21 bits per heavy atom. The number of nitrogens with one attached hydrogen (secondary N) is 1. The lowest BCUT2D eigenvalue weighted by molar-refractivity contribution is 0.102. The molecule has 5 rings (SSSR count). The Labute approximate surface area is 173 Å². The van der Waals surface area contributed by atoms with E-state index in [0.29, 0.717) is 22.5 Å². The number of carbonyl (C=O) groups excluding carboxylic acids is 1. The molecule has 9 heteroatoms. The first-order valence-corrected chi connectivity index (χ1v) is 9.93. The van der Waals surface area contributed by atoms with Gasteiger partial charge < -0.3 is 9.73 Å². The Kier molecular flexibility index (Phi) is 4.13. The quantitative estimate of drug-likeness (QED) is 0.509. The van der Waals surface area contributed by atoms with Crippen molar-refractivity contribution >= 4 is 38.6 Å². The van der Waals surface area contributed by atoms with Gasteiger partial charge in [0.25, 0.3) is 5.91 Å². The van der Waals surface area contributed by atoms with Crippen LogP contribution in [0.15, 0.2) is 56.1 Å². The fourth-order valence-corrected chi connectivity index (χ4v) is 3.61. The van der Waals surface area contributed by atoms with Crippen LogP contribution in [0.1, 0.15) is 34.9 Å². The third-order valence-corrected chi connectivity index (χ3v) is 5.53. The van der Waals surface area contributed by atoms with Gasteiger partial charge in [0.05, 0.1) is 16.9 Å². The van der Waals surface area contributed by atoms with Crippen LogP contribution < -0.4 is 11.1 Å². The molecule has 0 saturated heterocycles. The van der Waals surface area contributed by atoms with E-state index in [-0.39, 0.29) is 11.8 Å². The second-order valence-electron chi connectivity index (χ2n) is 7.05. The lowest BCUT2D eigenvalue weighted by Crippen LogP contribution is -2.15. The fourth-order valence-electron chi connectivity index (χ4n) is 3.35. The lowest BCUT2D eigenvalue weighted by Gasteiger charge is -2.08. The molecule has 0 atom stereocenters. The predicted molar refractivity (Wildman–Crippen MR) is 110 cm³/mol. The van der Waals surface area contributed by atoms with Crippen molar-refractivity contribution in [3.05, 3.63) is 68.9 Å². The summed E-state index contributed by atoms with van der Waals surface area (Å²) in [6.45, 7) is 0. The number of hydrogen-bond acceptors (Lipinski definition) is 5. The van der Waals surface area contributed by atoms with Crippen molar-refractivity contribution in [3.63, 3.8) is 0 Å². The smallest absolute Gasteiger partial charge is 0.408 e. The zero-order valence-corrected chi connectivity index (χ0v) is 17.0. The van der Waals surface area contributed by atoms with Crippen molar-refractivity contribution in [1.29, 1.82) is 0 Å². The highest BCUT2D eigenvalue weighted by Crippen LogP contribution is 2.42. The number of carbonyl (C=O) groups is 1. The largest absolute Gasteiger partial charge is 0.419 e. The molecule has 2 aromatic heterocycles. The predicted octanol–water partition coefficient (Wildman–Crippen LogP) is 3.60. The monoisotopic (exact) mass is 453 g/mol. The van der Waals surface area contributed by atoms with Crippen LogP contribution in [-0.4, -0.2) is 25.5 Å². The van der Waals surface area contributed by atoms with Gasteiger partial charge in [0, 0.05) is 29.2 Å². The lowest BCUT2D eigenvalue weighted by atomic mass is 10.2. The first kappa shape index (κ1) is 17.9. The molecule has 146 valence electrons. The van der Waals surface area contributed by atoms with Crippen LogP contribution >= 0.6 is 15.9 Å². The van der Waals surface area contributed by atoms with Gasteiger partial charge in [-0.1, -0.05) is 21.1 Å². The fraction of sp³-hybridized carbons (Fsp3) is 0.200. The number of aryl methyl sites for hydroxylation is 1. The van der Waals surface area contributed by atoms with Gasteiger partial charge in [0.15, 0.2) is 11.3 Å². The Morgan fingerprint density at radius 3 is 2.69 bits per heavy atom. The van der Waals surface area contributed by atoms with Gasteiger partial charge in [-0.3, -0.25) is 9.36 Å². The third-order valence-electron chi connectivity index (χ3n) is 5.01. The van der Waals surface area contributed by atoms with Crippen LogP contribution in [0.25, 0.3) is 16.8 Å². The summed E-state index contributed by atoms with van der Waals surface area (Å²) in [5.74, 6) is -0.520. The summed E-state index contributed by atoms with van der Waals surface area (Å²) >= 11 is 3.43. The number of anilines is 1. The third kappa shape index (κ3) is 3.17. The van der Waals surface area contributed by atoms with E-state index < -0.39 is 5.76 Å². The number of benzene rings is 2. The Morgan fingerprint density at radius 2 is 1.97 bits per heavy atom. The molecule has 29 heavy (non-hydrogen) atoms. The van der Waals surface area contributed by atoms with E-state index in [1.807, 2.05) is 24.3 Å². The average molecular weight is 454 g/mol. The van der Waals surface area contributed by atoms with E-state index in [0.717, 1.165) is 28.7 Å². The van der Waals surface area contributed by atoms with Crippen molar-refractivity contribution in [2.24, 2.45) is 7.05 Å². The molecule has 1 N–H and O–H groups in total. The van der Waals surface area contributed by atoms with E-state index in [4.69, 9.17) is 4.42 Å². The number of amides is 1. The zero-order valence-electron chi connectivity index (χ0n) is 15.4. The van der Waals surface area contributed by atoms with Gasteiger partial charge in [-0.25, -0.2) is 9.48 Å². The van der Waals surface area contributed by atoms with Gasteiger partial charge in [-0.15, -0.1) is 5.10 Å². The molecule has 0 bridgehead atoms. The normalized spacial score (nSPS) is 13.7. The minimum atomic E-state index is -0.447. The number of halogens is 1. The number of oxazole rings is 1. The summed E-state index contributed by atoms with van der Waals surface area (Å²) in [5.41, 5.74) is 3.58. The van der Waals surface area contributed by atoms with Crippen LogP contribution in [0, 0.1) is 0 Å². The molecular weight excluding hydrogens is 438 g/mol. The molecule has 8 nitrogen and oxygen atoms in total. The minimum absolute atomic E-state index is 0.268. The highest BCUT2D eigenvalue weighted by atomic mass is 79.9. The molecule has 1 aliphatic carbocycles. The van der Waals surface area contributed by atoms with E-state index in [1.165, 1.54) is 4.57 Å². The van der Waals surface area contributed by atoms with Crippen LogP contribution in [0.4, 0.5) is 5.69 Å². The summed E-state index contributed by atoms with van der Waals surface area (Å²) in [6.07, 6.45) is 2.01. The molecule has 2 aromatic carbocycles. The van der Waals surface area contributed by atoms with Crippen molar-refractivity contribution < 1.29 is 9.21 Å². The Balaban J connectivity index is 1.48. The maximum atomic E-state index is 12.9. The van der Waals surface area contributed by atoms with E-state index in [1.54, 1.807) is 29.9 Å². The van der Waals surface area contributed by atoms with E-state index >= 15 is 0 Å². The summed E-state index contributed by atoms with van der Waals surface area (Å²) in [7, 11) is 1.63. The van der Waals surface area contributed by atoms with Crippen molar-refractivity contribution in [2.75, 3.05) is 5.32 Å². The minimum Gasteiger partial charge on any atom is -0.408 e. The number of rotatable bonds is 4. The van der Waals surface area contributed by atoms with Crippen molar-refractivity contribution in [2.45, 2.75) is 18.8 Å². The standard InChI is InChI=1S/C20H16BrN5O3/c1-25-15-9-6-13(10-16(15)29-20(25)28)22-19(27)17-18(11-2-3-11)26(24-23-17)14-7-4-12(21)5-8-14/h4-11H,2-3H2,1H3,(H,22,27). The molecule has 1 amide bonds. The molecule has 1 aliphatic rings. The van der Waals surface area contributed by atoms with Gasteiger partial charge in [0.1, 0.15) is 0 Å². The number of nitrogens with zero attached hydrogens (tertiary/aromatic N) is 4. The number of hydrogen-bond donors (Lipinski definition) is 1. The molecule has 1 fully saturated rings. The van der Waals surface area contributed by atoms with Crippen LogP contribution in [-0.2, 0) is 7.05 Å². The van der Waals surface area contributed by atoms with Gasteiger partial charge in [0.2, 0.25) is 0 Å². The number of fused-ring (bicyclic) bond motifs is 1. The van der Waals surface area contributed by atoms with Crippen molar-refractivity contribution in [1.82, 2.24) is 19.6 Å². The zero-order chi connectivity index (χ0) is 20.1. The second-order valence-corrected chi connectivity index (χ2v) is 7.97. The number of aromatic nitrogens is 4. The molecule has 0 unspecified atom stereocenters. The Bertz CT molecular complexity index is 1300. The highest BCUT2D eigenvalue weighted by Gasteiger charge is 2.34. The summed E-state index contributed by atoms with van der Waals surface area (Å²) < 4.78 is 9.31. The topological polar surface area (TPSA) is 95.0 Å². The van der Waals surface area contributed by atoms with Crippen molar-refractivity contribution in [3.8, 4) is 5.69 Å². The summed E-state index contributed by atoms with van der Waals surface area (Å²) in [6, 6.07) is 12.8. The molecule has 2 heterocycles. The van der Waals surface area contributed by atoms with Crippen LogP contribution in [0.3, 0.4) is 0 Å². The molecule has 0 radical (unpaired) electrons.